The van der Waals surface area contributed by atoms with E-state index in [1.807, 2.05) is 17.0 Å². The van der Waals surface area contributed by atoms with Crippen LogP contribution in [0.1, 0.15) is 65.5 Å². The minimum atomic E-state index is -1.28. The van der Waals surface area contributed by atoms with E-state index in [-0.39, 0.29) is 6.54 Å². The van der Waals surface area contributed by atoms with Gasteiger partial charge in [-0.2, -0.15) is 0 Å². The summed E-state index contributed by atoms with van der Waals surface area (Å²) in [6.07, 6.45) is -0.385. The molecule has 3 amide bonds. The maximum atomic E-state index is 12.8. The van der Waals surface area contributed by atoms with Gasteiger partial charge in [-0.1, -0.05) is 38.4 Å². The van der Waals surface area contributed by atoms with Crippen molar-refractivity contribution in [2.24, 2.45) is 5.41 Å². The first kappa shape index (κ1) is 27.1. The highest BCUT2D eigenvalue weighted by Gasteiger charge is 2.35. The topological polar surface area (TPSA) is 108 Å². The third-order valence-electron chi connectivity index (χ3n) is 5.35. The Morgan fingerprint density at radius 3 is 2.45 bits per heavy atom. The highest BCUT2D eigenvalue weighted by atomic mass is 35.5. The van der Waals surface area contributed by atoms with Gasteiger partial charge in [0.2, 0.25) is 5.91 Å². The van der Waals surface area contributed by atoms with Crippen LogP contribution in [-0.4, -0.2) is 52.2 Å². The maximum Gasteiger partial charge on any atom is 0.407 e. The average Bonchev–Trinajstić information content (AvgIpc) is 3.12. The van der Waals surface area contributed by atoms with Crippen LogP contribution in [0.4, 0.5) is 4.79 Å². The molecule has 2 atom stereocenters. The van der Waals surface area contributed by atoms with Gasteiger partial charge in [0, 0.05) is 18.1 Å². The fourth-order valence-corrected chi connectivity index (χ4v) is 3.79. The first-order valence-corrected chi connectivity index (χ1v) is 11.6. The summed E-state index contributed by atoms with van der Waals surface area (Å²) in [5.41, 5.74) is 0.465. The Kier molecular flexibility index (Phi) is 8.90. The van der Waals surface area contributed by atoms with Crippen molar-refractivity contribution in [1.29, 1.82) is 0 Å². The van der Waals surface area contributed by atoms with Crippen molar-refractivity contribution in [3.8, 4) is 0 Å². The number of rotatable bonds is 6. The third kappa shape index (κ3) is 8.28. The predicted molar refractivity (Wildman–Crippen MR) is 127 cm³/mol. The van der Waals surface area contributed by atoms with Crippen molar-refractivity contribution < 1.29 is 24.2 Å². The Labute approximate surface area is 201 Å². The number of benzene rings is 1. The number of hydrogen-bond donors (Lipinski definition) is 3. The lowest BCUT2D eigenvalue weighted by Gasteiger charge is -2.27. The Balaban J connectivity index is 2.08. The molecule has 0 radical (unpaired) electrons. The number of aliphatic hydroxyl groups excluding tert-OH is 1. The monoisotopic (exact) mass is 481 g/mol. The number of carbonyl (C=O) groups is 3. The minimum absolute atomic E-state index is 0.252. The van der Waals surface area contributed by atoms with Crippen molar-refractivity contribution in [2.75, 3.05) is 6.54 Å². The highest BCUT2D eigenvalue weighted by Crippen LogP contribution is 2.25. The van der Waals surface area contributed by atoms with E-state index < -0.39 is 41.1 Å². The second kappa shape index (κ2) is 10.8. The molecule has 0 bridgehead atoms. The molecule has 1 saturated heterocycles. The second-order valence-corrected chi connectivity index (χ2v) is 11.0. The molecule has 1 heterocycles. The van der Waals surface area contributed by atoms with Gasteiger partial charge in [0.25, 0.3) is 5.91 Å². The summed E-state index contributed by atoms with van der Waals surface area (Å²) in [4.78, 5) is 39.1. The Bertz CT molecular complexity index is 876. The van der Waals surface area contributed by atoms with Gasteiger partial charge in [0.05, 0.1) is 6.04 Å². The molecule has 0 spiro atoms. The molecule has 1 fully saturated rings. The summed E-state index contributed by atoms with van der Waals surface area (Å²) in [6, 6.07) is 4.91. The van der Waals surface area contributed by atoms with Gasteiger partial charge >= 0.3 is 6.09 Å². The second-order valence-electron chi connectivity index (χ2n) is 10.5. The van der Waals surface area contributed by atoms with Crippen molar-refractivity contribution in [3.05, 3.63) is 34.3 Å². The largest absolute Gasteiger partial charge is 0.444 e. The van der Waals surface area contributed by atoms with Gasteiger partial charge < -0.3 is 15.2 Å². The Morgan fingerprint density at radius 2 is 1.85 bits per heavy atom. The summed E-state index contributed by atoms with van der Waals surface area (Å²) in [6.45, 7) is 11.9. The summed E-state index contributed by atoms with van der Waals surface area (Å²) >= 11 is 6.22. The normalized spacial score (nSPS) is 18.0. The molecule has 1 aromatic carbocycles. The molecule has 184 valence electrons. The van der Waals surface area contributed by atoms with Crippen LogP contribution in [0.15, 0.2) is 18.2 Å². The van der Waals surface area contributed by atoms with E-state index in [1.165, 1.54) is 0 Å². The molecule has 0 saturated carbocycles. The average molecular weight is 482 g/mol. The molecular weight excluding hydrogens is 446 g/mol. The summed E-state index contributed by atoms with van der Waals surface area (Å²) < 4.78 is 5.29. The van der Waals surface area contributed by atoms with E-state index in [2.05, 4.69) is 10.6 Å². The molecule has 1 aromatic rings. The molecular formula is C24H36ClN3O5. The Morgan fingerprint density at radius 1 is 1.18 bits per heavy atom. The van der Waals surface area contributed by atoms with Crippen LogP contribution >= 0.6 is 11.6 Å². The molecule has 0 aliphatic carbocycles. The SMILES string of the molecule is CC(C)(C)OC(=O)NCc1ccc(Cl)cc1CN1CCC[C@H]1C(=O)NC(=O)[C@H](O)C(C)(C)C. The van der Waals surface area contributed by atoms with Crippen molar-refractivity contribution in [3.63, 3.8) is 0 Å². The van der Waals surface area contributed by atoms with Crippen LogP contribution in [0.5, 0.6) is 0 Å². The van der Waals surface area contributed by atoms with Crippen LogP contribution < -0.4 is 10.6 Å². The fourth-order valence-electron chi connectivity index (χ4n) is 3.59. The fraction of sp³-hybridized carbons (Fsp3) is 0.625. The number of nitrogens with zero attached hydrogens (tertiary/aromatic N) is 1. The molecule has 8 nitrogen and oxygen atoms in total. The molecule has 0 aromatic heterocycles. The number of carbonyl (C=O) groups excluding carboxylic acids is 3. The van der Waals surface area contributed by atoms with Crippen molar-refractivity contribution in [2.45, 2.75) is 85.2 Å². The van der Waals surface area contributed by atoms with Gasteiger partial charge in [-0.15, -0.1) is 0 Å². The lowest BCUT2D eigenvalue weighted by Crippen LogP contribution is -2.50. The molecule has 2 rings (SSSR count). The molecule has 3 N–H and O–H groups in total. The van der Waals surface area contributed by atoms with Crippen molar-refractivity contribution >= 4 is 29.5 Å². The van der Waals surface area contributed by atoms with Crippen LogP contribution in [-0.2, 0) is 27.4 Å². The van der Waals surface area contributed by atoms with Crippen LogP contribution in [0.25, 0.3) is 0 Å². The lowest BCUT2D eigenvalue weighted by molar-refractivity contribution is -0.141. The number of aliphatic hydroxyl groups is 1. The van der Waals surface area contributed by atoms with Gasteiger partial charge in [0.1, 0.15) is 11.7 Å². The zero-order valence-corrected chi connectivity index (χ0v) is 21.1. The van der Waals surface area contributed by atoms with Crippen molar-refractivity contribution in [1.82, 2.24) is 15.5 Å². The predicted octanol–water partition coefficient (Wildman–Crippen LogP) is 3.38. The van der Waals surface area contributed by atoms with E-state index >= 15 is 0 Å². The number of nitrogens with one attached hydrogen (secondary N) is 2. The van der Waals surface area contributed by atoms with Gasteiger partial charge in [-0.3, -0.25) is 19.8 Å². The number of amides is 3. The van der Waals surface area contributed by atoms with Crippen LogP contribution in [0, 0.1) is 5.41 Å². The molecule has 0 unspecified atom stereocenters. The zero-order chi connectivity index (χ0) is 25.0. The van der Waals surface area contributed by atoms with E-state index in [4.69, 9.17) is 16.3 Å². The first-order chi connectivity index (χ1) is 15.2. The number of ether oxygens (including phenoxy) is 1. The number of halogens is 1. The number of imide groups is 1. The van der Waals surface area contributed by atoms with Gasteiger partial charge in [-0.05, 0) is 68.8 Å². The first-order valence-electron chi connectivity index (χ1n) is 11.2. The summed E-state index contributed by atoms with van der Waals surface area (Å²) in [5, 5.41) is 15.8. The van der Waals surface area contributed by atoms with E-state index in [0.717, 1.165) is 17.5 Å². The summed E-state index contributed by atoms with van der Waals surface area (Å²) in [5.74, 6) is -1.11. The number of likely N-dealkylation sites (tertiary alicyclic amines) is 1. The molecule has 1 aliphatic heterocycles. The van der Waals surface area contributed by atoms with E-state index in [1.54, 1.807) is 47.6 Å². The maximum absolute atomic E-state index is 12.8. The Hall–Kier alpha value is -2.16. The smallest absolute Gasteiger partial charge is 0.407 e. The molecule has 33 heavy (non-hydrogen) atoms. The lowest BCUT2D eigenvalue weighted by atomic mass is 9.88. The van der Waals surface area contributed by atoms with Crippen LogP contribution in [0.3, 0.4) is 0 Å². The minimum Gasteiger partial charge on any atom is -0.444 e. The third-order valence-corrected chi connectivity index (χ3v) is 5.58. The quantitative estimate of drug-likeness (QED) is 0.574. The molecule has 9 heteroatoms. The van der Waals surface area contributed by atoms with E-state index in [9.17, 15) is 19.5 Å². The number of alkyl carbamates (subject to hydrolysis) is 1. The number of hydrogen-bond acceptors (Lipinski definition) is 6. The summed E-state index contributed by atoms with van der Waals surface area (Å²) in [7, 11) is 0. The zero-order valence-electron chi connectivity index (χ0n) is 20.3. The standard InChI is InChI=1S/C24H36ClN3O5/c1-23(2,3)19(29)21(31)27-20(30)18-8-7-11-28(18)14-16-12-17(25)10-9-15(16)13-26-22(32)33-24(4,5)6/h9-10,12,18-19,29H,7-8,11,13-14H2,1-6H3,(H,26,32)(H,27,30,31)/t18-,19-/m0/s1. The van der Waals surface area contributed by atoms with Gasteiger partial charge in [-0.25, -0.2) is 4.79 Å². The van der Waals surface area contributed by atoms with Gasteiger partial charge in [0.15, 0.2) is 0 Å². The highest BCUT2D eigenvalue weighted by molar-refractivity contribution is 6.30. The molecule has 1 aliphatic rings. The van der Waals surface area contributed by atoms with Crippen LogP contribution in [0.2, 0.25) is 5.02 Å². The van der Waals surface area contributed by atoms with E-state index in [0.29, 0.717) is 24.5 Å².